The summed E-state index contributed by atoms with van der Waals surface area (Å²) in [5.41, 5.74) is 0. The Kier molecular flexibility index (Phi) is 21.3. The number of nitrogens with one attached hydrogen (secondary N) is 1. The molecular weight excluding hydrogens is 348 g/mol. The van der Waals surface area contributed by atoms with E-state index in [0.29, 0.717) is 13.2 Å². The molecule has 1 N–H and O–H groups in total. The van der Waals surface area contributed by atoms with E-state index in [1.54, 1.807) is 0 Å². The van der Waals surface area contributed by atoms with Gasteiger partial charge in [0.15, 0.2) is 0 Å². The quantitative estimate of drug-likeness (QED) is 0.122. The summed E-state index contributed by atoms with van der Waals surface area (Å²) in [4.78, 5) is 13.8. The zero-order valence-corrected chi connectivity index (χ0v) is 18.9. The van der Waals surface area contributed by atoms with E-state index >= 15 is 0 Å². The number of rotatable bonds is 20. The predicted octanol–water partition coefficient (Wildman–Crippen LogP) is 5.84. The number of hydrogen-bond donors (Lipinski definition) is 1. The molecule has 0 unspecified atom stereocenters. The summed E-state index contributed by atoms with van der Waals surface area (Å²) in [5.74, 6) is -0.0780. The van der Waals surface area contributed by atoms with E-state index in [4.69, 9.17) is 4.74 Å². The van der Waals surface area contributed by atoms with Crippen LogP contribution in [0, 0.1) is 0 Å². The molecule has 0 amide bonds. The Morgan fingerprint density at radius 3 is 2.18 bits per heavy atom. The van der Waals surface area contributed by atoms with Gasteiger partial charge in [0.1, 0.15) is 6.73 Å². The maximum absolute atomic E-state index is 11.6. The molecule has 164 valence electrons. The lowest BCUT2D eigenvalue weighted by Gasteiger charge is -2.10. The predicted molar refractivity (Wildman–Crippen MR) is 121 cm³/mol. The van der Waals surface area contributed by atoms with Gasteiger partial charge in [-0.2, -0.15) is 0 Å². The minimum atomic E-state index is -0.0780. The van der Waals surface area contributed by atoms with Crippen LogP contribution in [0.3, 0.4) is 0 Å². The van der Waals surface area contributed by atoms with Crippen LogP contribution in [0.2, 0.25) is 0 Å². The maximum atomic E-state index is 11.6. The minimum absolute atomic E-state index is 0.0780. The molecule has 0 radical (unpaired) electrons. The first kappa shape index (κ1) is 26.9. The van der Waals surface area contributed by atoms with Crippen molar-refractivity contribution in [3.63, 3.8) is 0 Å². The summed E-state index contributed by atoms with van der Waals surface area (Å²) < 4.78 is 5.19. The largest absolute Gasteiger partial charge is 0.450 e. The topological polar surface area (TPSA) is 41.6 Å². The van der Waals surface area contributed by atoms with E-state index in [2.05, 4.69) is 55.5 Å². The summed E-state index contributed by atoms with van der Waals surface area (Å²) in [5, 5.41) is 3.15. The van der Waals surface area contributed by atoms with Gasteiger partial charge in [0.25, 0.3) is 0 Å². The van der Waals surface area contributed by atoms with Gasteiger partial charge in [-0.1, -0.05) is 63.3 Å². The number of hydrogen-bond acceptors (Lipinski definition) is 4. The fourth-order valence-electron chi connectivity index (χ4n) is 2.88. The van der Waals surface area contributed by atoms with Crippen LogP contribution in [0.1, 0.15) is 90.4 Å². The molecule has 28 heavy (non-hydrogen) atoms. The first-order valence-electron chi connectivity index (χ1n) is 11.5. The van der Waals surface area contributed by atoms with Crippen molar-refractivity contribution in [1.82, 2.24) is 10.2 Å². The summed E-state index contributed by atoms with van der Waals surface area (Å²) >= 11 is 0. The third kappa shape index (κ3) is 22.9. The van der Waals surface area contributed by atoms with Crippen LogP contribution in [0.4, 0.5) is 0 Å². The summed E-state index contributed by atoms with van der Waals surface area (Å²) in [7, 11) is 4.12. The fourth-order valence-corrected chi connectivity index (χ4v) is 2.88. The molecule has 0 atom stereocenters. The van der Waals surface area contributed by atoms with Crippen LogP contribution in [0.25, 0.3) is 0 Å². The van der Waals surface area contributed by atoms with Crippen molar-refractivity contribution in [3.05, 3.63) is 24.3 Å². The molecule has 0 aliphatic heterocycles. The molecule has 0 aromatic carbocycles. The Morgan fingerprint density at radius 1 is 0.857 bits per heavy atom. The highest BCUT2D eigenvalue weighted by Crippen LogP contribution is 2.08. The normalized spacial score (nSPS) is 11.9. The lowest BCUT2D eigenvalue weighted by Crippen LogP contribution is -2.24. The number of ether oxygens (including phenoxy) is 1. The van der Waals surface area contributed by atoms with Crippen molar-refractivity contribution in [2.24, 2.45) is 0 Å². The van der Waals surface area contributed by atoms with Crippen LogP contribution in [0.15, 0.2) is 24.3 Å². The second-order valence-corrected chi connectivity index (χ2v) is 7.80. The van der Waals surface area contributed by atoms with Crippen molar-refractivity contribution in [1.29, 1.82) is 0 Å². The van der Waals surface area contributed by atoms with Gasteiger partial charge in [0, 0.05) is 6.42 Å². The summed E-state index contributed by atoms with van der Waals surface area (Å²) in [6, 6.07) is 0. The highest BCUT2D eigenvalue weighted by Gasteiger charge is 2.02. The number of carbonyl (C=O) groups excluding carboxylic acids is 1. The summed E-state index contributed by atoms with van der Waals surface area (Å²) in [6.45, 7) is 4.52. The van der Waals surface area contributed by atoms with Gasteiger partial charge in [-0.25, -0.2) is 0 Å². The number of unbranched alkanes of at least 4 members (excludes halogenated alkanes) is 8. The molecule has 0 aromatic rings. The maximum Gasteiger partial charge on any atom is 0.307 e. The van der Waals surface area contributed by atoms with E-state index in [1.807, 2.05) is 0 Å². The van der Waals surface area contributed by atoms with E-state index < -0.39 is 0 Å². The smallest absolute Gasteiger partial charge is 0.307 e. The molecule has 0 bridgehead atoms. The lowest BCUT2D eigenvalue weighted by molar-refractivity contribution is -0.144. The molecule has 0 fully saturated rings. The van der Waals surface area contributed by atoms with Crippen molar-refractivity contribution in [3.8, 4) is 0 Å². The molecule has 0 saturated carbocycles. The van der Waals surface area contributed by atoms with Gasteiger partial charge in [-0.3, -0.25) is 10.1 Å². The lowest BCUT2D eigenvalue weighted by atomic mass is 10.1. The Morgan fingerprint density at radius 2 is 1.50 bits per heavy atom. The second kappa shape index (κ2) is 22.2. The standard InChI is InChI=1S/C24H46N2O2/c1-4-5-6-7-8-9-10-11-12-13-14-15-16-17-18-20-24(27)28-23-25-21-19-22-26(2)3/h8-9,11-12,25H,4-7,10,13-23H2,1-3H3/b9-8-,12-11-. The van der Waals surface area contributed by atoms with Gasteiger partial charge in [-0.05, 0) is 72.1 Å². The van der Waals surface area contributed by atoms with Crippen LogP contribution >= 0.6 is 0 Å². The van der Waals surface area contributed by atoms with Crippen LogP contribution in [-0.4, -0.2) is 44.8 Å². The molecule has 0 aliphatic carbocycles. The molecule has 0 saturated heterocycles. The first-order chi connectivity index (χ1) is 13.7. The fraction of sp³-hybridized carbons (Fsp3) is 0.792. The highest BCUT2D eigenvalue weighted by molar-refractivity contribution is 5.69. The average Bonchev–Trinajstić information content (AvgIpc) is 2.67. The molecule has 4 nitrogen and oxygen atoms in total. The monoisotopic (exact) mass is 394 g/mol. The van der Waals surface area contributed by atoms with Crippen molar-refractivity contribution in [2.75, 3.05) is 33.9 Å². The number of esters is 1. The van der Waals surface area contributed by atoms with Crippen molar-refractivity contribution >= 4 is 5.97 Å². The summed E-state index contributed by atoms with van der Waals surface area (Å²) in [6.07, 6.45) is 24.0. The zero-order chi connectivity index (χ0) is 20.7. The highest BCUT2D eigenvalue weighted by atomic mass is 16.5. The van der Waals surface area contributed by atoms with Gasteiger partial charge < -0.3 is 9.64 Å². The zero-order valence-electron chi connectivity index (χ0n) is 18.9. The number of allylic oxidation sites excluding steroid dienone is 4. The van der Waals surface area contributed by atoms with Gasteiger partial charge in [0.2, 0.25) is 0 Å². The van der Waals surface area contributed by atoms with Crippen LogP contribution in [-0.2, 0) is 9.53 Å². The molecule has 4 heteroatoms. The van der Waals surface area contributed by atoms with E-state index in [-0.39, 0.29) is 5.97 Å². The van der Waals surface area contributed by atoms with E-state index in [0.717, 1.165) is 38.8 Å². The van der Waals surface area contributed by atoms with Gasteiger partial charge in [-0.15, -0.1) is 0 Å². The van der Waals surface area contributed by atoms with Crippen molar-refractivity contribution < 1.29 is 9.53 Å². The van der Waals surface area contributed by atoms with Gasteiger partial charge >= 0.3 is 5.97 Å². The number of nitrogens with zero attached hydrogens (tertiary/aromatic N) is 1. The van der Waals surface area contributed by atoms with E-state index in [1.165, 1.54) is 51.4 Å². The average molecular weight is 395 g/mol. The van der Waals surface area contributed by atoms with E-state index in [9.17, 15) is 4.79 Å². The second-order valence-electron chi connectivity index (χ2n) is 7.80. The van der Waals surface area contributed by atoms with Crippen molar-refractivity contribution in [2.45, 2.75) is 90.4 Å². The molecule has 0 aromatic heterocycles. The molecule has 0 heterocycles. The Labute approximate surface area is 174 Å². The molecule has 0 rings (SSSR count). The Balaban J connectivity index is 3.27. The number of carbonyl (C=O) groups is 1. The SMILES string of the molecule is CCCCC/C=C\C/C=C\CCCCCCCC(=O)OCNCCCN(C)C. The molecule has 0 spiro atoms. The van der Waals surface area contributed by atoms with Crippen LogP contribution < -0.4 is 5.32 Å². The van der Waals surface area contributed by atoms with Gasteiger partial charge in [0.05, 0.1) is 0 Å². The molecular formula is C24H46N2O2. The Hall–Kier alpha value is -1.13. The third-order valence-electron chi connectivity index (χ3n) is 4.63. The van der Waals surface area contributed by atoms with Crippen LogP contribution in [0.5, 0.6) is 0 Å². The Bertz CT molecular complexity index is 392. The third-order valence-corrected chi connectivity index (χ3v) is 4.63. The minimum Gasteiger partial charge on any atom is -0.450 e. The molecule has 0 aliphatic rings. The first-order valence-corrected chi connectivity index (χ1v) is 11.5.